The van der Waals surface area contributed by atoms with Gasteiger partial charge in [0, 0.05) is 24.1 Å². The van der Waals surface area contributed by atoms with Crippen molar-refractivity contribution in [2.75, 3.05) is 5.75 Å². The summed E-state index contributed by atoms with van der Waals surface area (Å²) in [5.41, 5.74) is 5.40. The fourth-order valence-corrected chi connectivity index (χ4v) is 3.47. The number of thioether (sulfide) groups is 1. The highest BCUT2D eigenvalue weighted by Gasteiger charge is 2.24. The molecule has 0 aliphatic carbocycles. The monoisotopic (exact) mass is 297 g/mol. The second-order valence-electron chi connectivity index (χ2n) is 5.83. The Hall–Kier alpha value is -1.24. The molecular formula is C13H23N5OS. The van der Waals surface area contributed by atoms with Gasteiger partial charge in [0.05, 0.1) is 0 Å². The minimum Gasteiger partial charge on any atom is -0.409 e. The van der Waals surface area contributed by atoms with Crippen molar-refractivity contribution in [1.82, 2.24) is 14.8 Å². The van der Waals surface area contributed by atoms with Crippen LogP contribution in [0.3, 0.4) is 0 Å². The number of aromatic nitrogens is 3. The summed E-state index contributed by atoms with van der Waals surface area (Å²) in [5, 5.41) is 21.5. The van der Waals surface area contributed by atoms with Gasteiger partial charge in [0.15, 0.2) is 5.16 Å². The molecule has 7 heteroatoms. The van der Waals surface area contributed by atoms with Gasteiger partial charge >= 0.3 is 0 Å². The van der Waals surface area contributed by atoms with Gasteiger partial charge in [0.25, 0.3) is 0 Å². The van der Waals surface area contributed by atoms with Crippen LogP contribution in [0.2, 0.25) is 0 Å². The number of aryl methyl sites for hydroxylation is 1. The minimum atomic E-state index is -0.302. The molecule has 20 heavy (non-hydrogen) atoms. The van der Waals surface area contributed by atoms with Crippen LogP contribution in [0.15, 0.2) is 10.3 Å². The lowest BCUT2D eigenvalue weighted by Gasteiger charge is -2.22. The number of hydrogen-bond donors (Lipinski definition) is 2. The van der Waals surface area contributed by atoms with Gasteiger partial charge in [-0.3, -0.25) is 0 Å². The molecule has 0 saturated heterocycles. The molecule has 2 rings (SSSR count). The van der Waals surface area contributed by atoms with Gasteiger partial charge in [-0.1, -0.05) is 37.2 Å². The SMILES string of the molecule is CC(C)(CCSc1nnc2n1CCCCC2)C(N)=NO. The van der Waals surface area contributed by atoms with E-state index in [0.717, 1.165) is 36.1 Å². The molecule has 0 atom stereocenters. The van der Waals surface area contributed by atoms with Crippen LogP contribution in [0.25, 0.3) is 0 Å². The standard InChI is InChI=1S/C13H23N5OS/c1-13(2,11(14)17-19)7-9-20-12-16-15-10-6-4-3-5-8-18(10)12/h19H,3-9H2,1-2H3,(H2,14,17). The molecule has 1 aromatic heterocycles. The average molecular weight is 297 g/mol. The van der Waals surface area contributed by atoms with Gasteiger partial charge in [-0.15, -0.1) is 10.2 Å². The van der Waals surface area contributed by atoms with E-state index in [-0.39, 0.29) is 11.3 Å². The van der Waals surface area contributed by atoms with Crippen molar-refractivity contribution in [3.05, 3.63) is 5.82 Å². The number of hydrogen-bond acceptors (Lipinski definition) is 5. The van der Waals surface area contributed by atoms with Gasteiger partial charge in [0.2, 0.25) is 0 Å². The lowest BCUT2D eigenvalue weighted by Crippen LogP contribution is -2.32. The maximum atomic E-state index is 8.77. The molecule has 6 nitrogen and oxygen atoms in total. The molecule has 0 unspecified atom stereocenters. The summed E-state index contributed by atoms with van der Waals surface area (Å²) < 4.78 is 2.24. The Kier molecular flexibility index (Phi) is 4.91. The topological polar surface area (TPSA) is 89.3 Å². The van der Waals surface area contributed by atoms with E-state index in [0.29, 0.717) is 0 Å². The highest BCUT2D eigenvalue weighted by molar-refractivity contribution is 7.99. The normalized spacial score (nSPS) is 16.8. The third kappa shape index (κ3) is 3.45. The Morgan fingerprint density at radius 3 is 2.95 bits per heavy atom. The van der Waals surface area contributed by atoms with Gasteiger partial charge in [-0.2, -0.15) is 0 Å². The molecule has 2 heterocycles. The van der Waals surface area contributed by atoms with Crippen molar-refractivity contribution in [2.45, 2.75) is 57.7 Å². The summed E-state index contributed by atoms with van der Waals surface area (Å²) >= 11 is 1.70. The van der Waals surface area contributed by atoms with Crippen molar-refractivity contribution in [1.29, 1.82) is 0 Å². The molecule has 0 amide bonds. The van der Waals surface area contributed by atoms with E-state index in [4.69, 9.17) is 10.9 Å². The Labute approximate surface area is 123 Å². The molecule has 0 aromatic carbocycles. The van der Waals surface area contributed by atoms with E-state index in [1.807, 2.05) is 13.8 Å². The number of oxime groups is 1. The van der Waals surface area contributed by atoms with Crippen molar-refractivity contribution in [2.24, 2.45) is 16.3 Å². The van der Waals surface area contributed by atoms with Crippen LogP contribution in [0.4, 0.5) is 0 Å². The zero-order valence-electron chi connectivity index (χ0n) is 12.2. The molecule has 1 aliphatic heterocycles. The summed E-state index contributed by atoms with van der Waals surface area (Å²) in [6, 6.07) is 0. The third-order valence-corrected chi connectivity index (χ3v) is 4.80. The molecule has 0 spiro atoms. The first-order valence-electron chi connectivity index (χ1n) is 7.07. The Morgan fingerprint density at radius 1 is 1.40 bits per heavy atom. The molecule has 0 fully saturated rings. The highest BCUT2D eigenvalue weighted by atomic mass is 32.2. The van der Waals surface area contributed by atoms with Crippen LogP contribution in [0.1, 0.15) is 45.4 Å². The number of nitrogens with zero attached hydrogens (tertiary/aromatic N) is 4. The van der Waals surface area contributed by atoms with E-state index in [1.165, 1.54) is 19.3 Å². The first-order valence-corrected chi connectivity index (χ1v) is 8.06. The Bertz CT molecular complexity index is 483. The maximum Gasteiger partial charge on any atom is 0.191 e. The molecule has 0 bridgehead atoms. The summed E-state index contributed by atoms with van der Waals surface area (Å²) in [6.07, 6.45) is 5.54. The number of nitrogens with two attached hydrogens (primary N) is 1. The number of fused-ring (bicyclic) bond motifs is 1. The zero-order chi connectivity index (χ0) is 14.6. The van der Waals surface area contributed by atoms with Gasteiger partial charge < -0.3 is 15.5 Å². The van der Waals surface area contributed by atoms with E-state index in [1.54, 1.807) is 11.8 Å². The predicted octanol–water partition coefficient (Wildman–Crippen LogP) is 2.26. The van der Waals surface area contributed by atoms with Crippen molar-refractivity contribution in [3.8, 4) is 0 Å². The molecule has 3 N–H and O–H groups in total. The predicted molar refractivity (Wildman–Crippen MR) is 80.1 cm³/mol. The lowest BCUT2D eigenvalue weighted by atomic mass is 9.89. The molecule has 1 aliphatic rings. The molecular weight excluding hydrogens is 274 g/mol. The quantitative estimate of drug-likeness (QED) is 0.286. The number of rotatable bonds is 5. The molecule has 0 radical (unpaired) electrons. The Morgan fingerprint density at radius 2 is 2.20 bits per heavy atom. The van der Waals surface area contributed by atoms with E-state index >= 15 is 0 Å². The first-order chi connectivity index (χ1) is 9.54. The second-order valence-corrected chi connectivity index (χ2v) is 6.89. The van der Waals surface area contributed by atoms with Crippen LogP contribution >= 0.6 is 11.8 Å². The van der Waals surface area contributed by atoms with E-state index in [9.17, 15) is 0 Å². The lowest BCUT2D eigenvalue weighted by molar-refractivity contribution is 0.307. The molecule has 0 saturated carbocycles. The van der Waals surface area contributed by atoms with Crippen LogP contribution < -0.4 is 5.73 Å². The first kappa shape index (κ1) is 15.2. The molecule has 112 valence electrons. The summed E-state index contributed by atoms with van der Waals surface area (Å²) in [5.74, 6) is 2.26. The Balaban J connectivity index is 1.94. The van der Waals surface area contributed by atoms with Crippen LogP contribution in [-0.4, -0.2) is 31.6 Å². The van der Waals surface area contributed by atoms with E-state index in [2.05, 4.69) is 19.9 Å². The fraction of sp³-hybridized carbons (Fsp3) is 0.769. The van der Waals surface area contributed by atoms with Crippen molar-refractivity contribution in [3.63, 3.8) is 0 Å². The van der Waals surface area contributed by atoms with Crippen LogP contribution in [0.5, 0.6) is 0 Å². The van der Waals surface area contributed by atoms with Crippen molar-refractivity contribution >= 4 is 17.6 Å². The average Bonchev–Trinajstić information content (AvgIpc) is 2.66. The van der Waals surface area contributed by atoms with E-state index < -0.39 is 0 Å². The summed E-state index contributed by atoms with van der Waals surface area (Å²) in [7, 11) is 0. The zero-order valence-corrected chi connectivity index (χ0v) is 13.0. The van der Waals surface area contributed by atoms with Gasteiger partial charge in [-0.05, 0) is 19.3 Å². The summed E-state index contributed by atoms with van der Waals surface area (Å²) in [6.45, 7) is 4.98. The van der Waals surface area contributed by atoms with Crippen LogP contribution in [-0.2, 0) is 13.0 Å². The molecule has 1 aromatic rings. The maximum absolute atomic E-state index is 8.77. The van der Waals surface area contributed by atoms with Crippen molar-refractivity contribution < 1.29 is 5.21 Å². The third-order valence-electron chi connectivity index (χ3n) is 3.83. The van der Waals surface area contributed by atoms with Crippen LogP contribution in [0, 0.1) is 5.41 Å². The largest absolute Gasteiger partial charge is 0.409 e. The number of amidine groups is 1. The van der Waals surface area contributed by atoms with Gasteiger partial charge in [0.1, 0.15) is 11.7 Å². The van der Waals surface area contributed by atoms with Gasteiger partial charge in [-0.25, -0.2) is 0 Å². The second kappa shape index (κ2) is 6.47. The minimum absolute atomic E-state index is 0.276. The summed E-state index contributed by atoms with van der Waals surface area (Å²) in [4.78, 5) is 0. The highest BCUT2D eigenvalue weighted by Crippen LogP contribution is 2.27. The smallest absolute Gasteiger partial charge is 0.191 e. The fourth-order valence-electron chi connectivity index (χ4n) is 2.23.